The summed E-state index contributed by atoms with van der Waals surface area (Å²) >= 11 is 5.85. The van der Waals surface area contributed by atoms with Crippen LogP contribution >= 0.6 is 11.6 Å². The molecule has 4 heteroatoms. The number of unbranched alkanes of at least 4 members (excludes halogenated alkanes) is 3. The zero-order chi connectivity index (χ0) is 14.1. The van der Waals surface area contributed by atoms with Gasteiger partial charge in [0, 0.05) is 5.88 Å². The topological polar surface area (TPSA) is 27.7 Å². The van der Waals surface area contributed by atoms with Crippen LogP contribution in [0, 0.1) is 0 Å². The van der Waals surface area contributed by atoms with Gasteiger partial charge in [0.05, 0.1) is 20.8 Å². The van der Waals surface area contributed by atoms with Crippen LogP contribution < -0.4 is 14.2 Å². The number of benzene rings is 1. The maximum Gasteiger partial charge on any atom is 0.203 e. The Labute approximate surface area is 120 Å². The normalized spacial score (nSPS) is 10.3. The van der Waals surface area contributed by atoms with E-state index in [-0.39, 0.29) is 0 Å². The molecule has 0 atom stereocenters. The molecule has 0 saturated carbocycles. The van der Waals surface area contributed by atoms with Gasteiger partial charge in [0.2, 0.25) is 5.75 Å². The first-order valence-electron chi connectivity index (χ1n) is 6.70. The number of hydrogen-bond acceptors (Lipinski definition) is 3. The van der Waals surface area contributed by atoms with Crippen LogP contribution in [0.4, 0.5) is 0 Å². The summed E-state index contributed by atoms with van der Waals surface area (Å²) in [6.07, 6.45) is 4.68. The summed E-state index contributed by atoms with van der Waals surface area (Å²) in [4.78, 5) is 0. The van der Waals surface area contributed by atoms with Gasteiger partial charge in [0.1, 0.15) is 0 Å². The highest BCUT2D eigenvalue weighted by Crippen LogP contribution is 2.39. The van der Waals surface area contributed by atoms with Gasteiger partial charge in [-0.05, 0) is 24.1 Å². The third kappa shape index (κ3) is 4.83. The van der Waals surface area contributed by atoms with Crippen LogP contribution in [0.1, 0.15) is 38.2 Å². The summed E-state index contributed by atoms with van der Waals surface area (Å²) in [7, 11) is 3.24. The van der Waals surface area contributed by atoms with Crippen molar-refractivity contribution in [3.05, 3.63) is 17.7 Å². The highest BCUT2D eigenvalue weighted by Gasteiger charge is 2.13. The van der Waals surface area contributed by atoms with Crippen LogP contribution in [-0.4, -0.2) is 20.8 Å². The van der Waals surface area contributed by atoms with Gasteiger partial charge in [-0.15, -0.1) is 11.6 Å². The summed E-state index contributed by atoms with van der Waals surface area (Å²) in [6.45, 7) is 2.87. The molecule has 0 aromatic heterocycles. The van der Waals surface area contributed by atoms with E-state index in [4.69, 9.17) is 25.8 Å². The fourth-order valence-corrected chi connectivity index (χ4v) is 2.01. The number of methoxy groups -OCH3 is 2. The van der Waals surface area contributed by atoms with E-state index in [1.165, 1.54) is 19.3 Å². The Balaban J connectivity index is 2.73. The second-order valence-corrected chi connectivity index (χ2v) is 4.64. The van der Waals surface area contributed by atoms with Crippen LogP contribution in [0.5, 0.6) is 17.2 Å². The Hall–Kier alpha value is -1.09. The first kappa shape index (κ1) is 16.0. The maximum atomic E-state index is 5.85. The second-order valence-electron chi connectivity index (χ2n) is 4.37. The van der Waals surface area contributed by atoms with Gasteiger partial charge in [-0.25, -0.2) is 0 Å². The minimum atomic E-state index is 0.420. The number of alkyl halides is 1. The average molecular weight is 287 g/mol. The van der Waals surface area contributed by atoms with Gasteiger partial charge in [-0.3, -0.25) is 0 Å². The summed E-state index contributed by atoms with van der Waals surface area (Å²) < 4.78 is 16.5. The lowest BCUT2D eigenvalue weighted by atomic mass is 10.2. The highest BCUT2D eigenvalue weighted by molar-refractivity contribution is 6.17. The van der Waals surface area contributed by atoms with E-state index in [9.17, 15) is 0 Å². The molecule has 1 aromatic carbocycles. The minimum Gasteiger partial charge on any atom is -0.493 e. The Kier molecular flexibility index (Phi) is 7.49. The first-order chi connectivity index (χ1) is 9.26. The Morgan fingerprint density at radius 2 is 1.63 bits per heavy atom. The van der Waals surface area contributed by atoms with Crippen molar-refractivity contribution >= 4 is 11.6 Å². The number of halogens is 1. The molecule has 1 rings (SSSR count). The van der Waals surface area contributed by atoms with Crippen molar-refractivity contribution in [1.29, 1.82) is 0 Å². The van der Waals surface area contributed by atoms with Crippen molar-refractivity contribution in [2.24, 2.45) is 0 Å². The zero-order valence-electron chi connectivity index (χ0n) is 12.0. The molecule has 0 heterocycles. The lowest BCUT2D eigenvalue weighted by molar-refractivity contribution is 0.267. The molecule has 19 heavy (non-hydrogen) atoms. The predicted octanol–water partition coefficient (Wildman–Crippen LogP) is 4.40. The van der Waals surface area contributed by atoms with E-state index in [0.717, 1.165) is 12.0 Å². The van der Waals surface area contributed by atoms with Crippen molar-refractivity contribution in [2.75, 3.05) is 20.8 Å². The summed E-state index contributed by atoms with van der Waals surface area (Å²) in [5.74, 6) is 2.43. The van der Waals surface area contributed by atoms with Crippen LogP contribution in [0.2, 0.25) is 0 Å². The highest BCUT2D eigenvalue weighted by atomic mass is 35.5. The molecule has 0 spiro atoms. The molecule has 0 N–H and O–H groups in total. The Bertz CT molecular complexity index is 355. The van der Waals surface area contributed by atoms with E-state index in [1.54, 1.807) is 14.2 Å². The average Bonchev–Trinajstić information content (AvgIpc) is 2.46. The van der Waals surface area contributed by atoms with Crippen LogP contribution in [-0.2, 0) is 5.88 Å². The van der Waals surface area contributed by atoms with Crippen molar-refractivity contribution < 1.29 is 14.2 Å². The van der Waals surface area contributed by atoms with E-state index in [2.05, 4.69) is 6.92 Å². The summed E-state index contributed by atoms with van der Waals surface area (Å²) in [5, 5.41) is 0. The number of ether oxygens (including phenoxy) is 3. The molecule has 0 aliphatic rings. The number of hydrogen-bond donors (Lipinski definition) is 0. The molecule has 0 radical (unpaired) electrons. The maximum absolute atomic E-state index is 5.85. The van der Waals surface area contributed by atoms with Crippen molar-refractivity contribution in [3.8, 4) is 17.2 Å². The van der Waals surface area contributed by atoms with Gasteiger partial charge in [0.15, 0.2) is 11.5 Å². The van der Waals surface area contributed by atoms with Crippen LogP contribution in [0.3, 0.4) is 0 Å². The van der Waals surface area contributed by atoms with Crippen LogP contribution in [0.25, 0.3) is 0 Å². The third-order valence-electron chi connectivity index (χ3n) is 2.92. The fraction of sp³-hybridized carbons (Fsp3) is 0.600. The van der Waals surface area contributed by atoms with E-state index < -0.39 is 0 Å². The molecular formula is C15H23ClO3. The zero-order valence-corrected chi connectivity index (χ0v) is 12.8. The van der Waals surface area contributed by atoms with Gasteiger partial charge in [-0.2, -0.15) is 0 Å². The van der Waals surface area contributed by atoms with Crippen molar-refractivity contribution in [3.63, 3.8) is 0 Å². The largest absolute Gasteiger partial charge is 0.493 e. The van der Waals surface area contributed by atoms with E-state index >= 15 is 0 Å². The summed E-state index contributed by atoms with van der Waals surface area (Å²) in [5.41, 5.74) is 0.952. The molecule has 0 amide bonds. The minimum absolute atomic E-state index is 0.420. The van der Waals surface area contributed by atoms with Crippen LogP contribution in [0.15, 0.2) is 12.1 Å². The fourth-order valence-electron chi connectivity index (χ4n) is 1.86. The molecule has 0 bridgehead atoms. The van der Waals surface area contributed by atoms with E-state index in [0.29, 0.717) is 29.7 Å². The van der Waals surface area contributed by atoms with E-state index in [1.807, 2.05) is 12.1 Å². The van der Waals surface area contributed by atoms with Gasteiger partial charge in [-0.1, -0.05) is 26.2 Å². The van der Waals surface area contributed by atoms with Crippen molar-refractivity contribution in [1.82, 2.24) is 0 Å². The predicted molar refractivity (Wildman–Crippen MR) is 78.7 cm³/mol. The quantitative estimate of drug-likeness (QED) is 0.497. The van der Waals surface area contributed by atoms with Gasteiger partial charge >= 0.3 is 0 Å². The van der Waals surface area contributed by atoms with Gasteiger partial charge < -0.3 is 14.2 Å². The molecular weight excluding hydrogens is 264 g/mol. The first-order valence-corrected chi connectivity index (χ1v) is 7.23. The summed E-state index contributed by atoms with van der Waals surface area (Å²) in [6, 6.07) is 3.77. The monoisotopic (exact) mass is 286 g/mol. The third-order valence-corrected chi connectivity index (χ3v) is 3.23. The molecule has 0 unspecified atom stereocenters. The lowest BCUT2D eigenvalue weighted by Gasteiger charge is -2.15. The molecule has 3 nitrogen and oxygen atoms in total. The Morgan fingerprint density at radius 1 is 1.00 bits per heavy atom. The second kappa shape index (κ2) is 8.92. The molecule has 1 aromatic rings. The lowest BCUT2D eigenvalue weighted by Crippen LogP contribution is -2.02. The molecule has 0 fully saturated rings. The number of rotatable bonds is 9. The van der Waals surface area contributed by atoms with Crippen molar-refractivity contribution in [2.45, 2.75) is 38.5 Å². The standard InChI is InChI=1S/C15H23ClO3/c1-4-5-6-7-8-19-15-13(17-2)9-12(11-16)10-14(15)18-3/h9-10H,4-8,11H2,1-3H3. The molecule has 0 aliphatic heterocycles. The Morgan fingerprint density at radius 3 is 2.11 bits per heavy atom. The molecule has 108 valence electrons. The van der Waals surface area contributed by atoms with Gasteiger partial charge in [0.25, 0.3) is 0 Å². The SMILES string of the molecule is CCCCCCOc1c(OC)cc(CCl)cc1OC. The molecule has 0 aliphatic carbocycles. The smallest absolute Gasteiger partial charge is 0.203 e. The molecule has 0 saturated heterocycles.